The Morgan fingerprint density at radius 1 is 0.923 bits per heavy atom. The maximum Gasteiger partial charge on any atom is 0.240 e. The Hall–Kier alpha value is -2.52. The van der Waals surface area contributed by atoms with Crippen LogP contribution < -0.4 is 14.8 Å². The summed E-state index contributed by atoms with van der Waals surface area (Å²) in [6.07, 6.45) is -0.0586. The number of nitrogens with one attached hydrogen (secondary N) is 2. The third kappa shape index (κ3) is 6.41. The lowest BCUT2D eigenvalue weighted by Gasteiger charge is -2.09. The molecule has 0 fully saturated rings. The van der Waals surface area contributed by atoms with Crippen molar-refractivity contribution in [2.75, 3.05) is 19.7 Å². The highest BCUT2D eigenvalue weighted by Crippen LogP contribution is 2.10. The molecule has 0 atom stereocenters. The van der Waals surface area contributed by atoms with Crippen LogP contribution in [0.1, 0.15) is 6.42 Å². The van der Waals surface area contributed by atoms with E-state index in [1.54, 1.807) is 0 Å². The minimum absolute atomic E-state index is 0.0586. The van der Waals surface area contributed by atoms with E-state index >= 15 is 0 Å². The molecule has 0 bridgehead atoms. The van der Waals surface area contributed by atoms with Crippen LogP contribution in [-0.2, 0) is 14.8 Å². The zero-order valence-electron chi connectivity index (χ0n) is 13.7. The number of halogens is 2. The zero-order valence-corrected chi connectivity index (χ0v) is 14.6. The number of carbonyl (C=O) groups is 1. The van der Waals surface area contributed by atoms with Crippen LogP contribution in [-0.4, -0.2) is 34.0 Å². The Balaban J connectivity index is 1.65. The number of hydrogen-bond donors (Lipinski definition) is 2. The Bertz CT molecular complexity index is 825. The van der Waals surface area contributed by atoms with Crippen molar-refractivity contribution >= 4 is 15.9 Å². The van der Waals surface area contributed by atoms with Crippen molar-refractivity contribution in [1.82, 2.24) is 10.0 Å². The fourth-order valence-electron chi connectivity index (χ4n) is 1.97. The Morgan fingerprint density at radius 3 is 2.12 bits per heavy atom. The third-order valence-corrected chi connectivity index (χ3v) is 4.75. The van der Waals surface area contributed by atoms with Crippen LogP contribution in [0.3, 0.4) is 0 Å². The second-order valence-electron chi connectivity index (χ2n) is 5.25. The average Bonchev–Trinajstić information content (AvgIpc) is 2.60. The average molecular weight is 384 g/mol. The zero-order chi connectivity index (χ0) is 19.0. The van der Waals surface area contributed by atoms with Crippen LogP contribution in [0, 0.1) is 11.6 Å². The van der Waals surface area contributed by atoms with E-state index in [4.69, 9.17) is 4.74 Å². The van der Waals surface area contributed by atoms with Gasteiger partial charge in [-0.2, -0.15) is 0 Å². The van der Waals surface area contributed by atoms with E-state index in [1.807, 2.05) is 0 Å². The Labute approximate surface area is 150 Å². The molecule has 26 heavy (non-hydrogen) atoms. The molecular weight excluding hydrogens is 366 g/mol. The van der Waals surface area contributed by atoms with Crippen molar-refractivity contribution < 1.29 is 26.7 Å². The van der Waals surface area contributed by atoms with Gasteiger partial charge in [0.1, 0.15) is 24.0 Å². The molecule has 0 radical (unpaired) electrons. The van der Waals surface area contributed by atoms with Crippen molar-refractivity contribution in [3.05, 3.63) is 60.2 Å². The quantitative estimate of drug-likeness (QED) is 0.646. The van der Waals surface area contributed by atoms with Crippen LogP contribution in [0.4, 0.5) is 8.78 Å². The van der Waals surface area contributed by atoms with Gasteiger partial charge in [0.2, 0.25) is 15.9 Å². The van der Waals surface area contributed by atoms with E-state index in [-0.39, 0.29) is 42.7 Å². The van der Waals surface area contributed by atoms with Crippen molar-refractivity contribution in [3.8, 4) is 5.75 Å². The maximum absolute atomic E-state index is 12.8. The molecule has 2 aromatic rings. The lowest BCUT2D eigenvalue weighted by Crippen LogP contribution is -2.32. The van der Waals surface area contributed by atoms with Gasteiger partial charge in [-0.15, -0.1) is 0 Å². The van der Waals surface area contributed by atoms with Crippen LogP contribution >= 0.6 is 0 Å². The van der Waals surface area contributed by atoms with Gasteiger partial charge in [-0.05, 0) is 48.5 Å². The topological polar surface area (TPSA) is 84.5 Å². The van der Waals surface area contributed by atoms with Crippen molar-refractivity contribution in [2.24, 2.45) is 0 Å². The maximum atomic E-state index is 12.8. The first-order chi connectivity index (χ1) is 12.4. The van der Waals surface area contributed by atoms with E-state index in [2.05, 4.69) is 10.0 Å². The summed E-state index contributed by atoms with van der Waals surface area (Å²) in [5.74, 6) is -0.776. The summed E-state index contributed by atoms with van der Waals surface area (Å²) in [5.41, 5.74) is 0. The second kappa shape index (κ2) is 9.25. The smallest absolute Gasteiger partial charge is 0.240 e. The minimum Gasteiger partial charge on any atom is -0.492 e. The molecular formula is C17H18F2N2O4S. The minimum atomic E-state index is -3.79. The molecule has 0 aliphatic heterocycles. The fourth-order valence-corrected chi connectivity index (χ4v) is 3.01. The Kier molecular flexibility index (Phi) is 7.05. The van der Waals surface area contributed by atoms with Crippen LogP contribution in [0.25, 0.3) is 0 Å². The van der Waals surface area contributed by atoms with E-state index < -0.39 is 15.8 Å². The summed E-state index contributed by atoms with van der Waals surface area (Å²) < 4.78 is 57.0. The van der Waals surface area contributed by atoms with E-state index in [0.29, 0.717) is 5.75 Å². The van der Waals surface area contributed by atoms with Gasteiger partial charge in [-0.3, -0.25) is 4.79 Å². The molecule has 0 heterocycles. The van der Waals surface area contributed by atoms with Crippen LogP contribution in [0.15, 0.2) is 53.4 Å². The first kappa shape index (κ1) is 19.8. The van der Waals surface area contributed by atoms with Crippen LogP contribution in [0.5, 0.6) is 5.75 Å². The third-order valence-electron chi connectivity index (χ3n) is 3.27. The van der Waals surface area contributed by atoms with Gasteiger partial charge in [0, 0.05) is 13.0 Å². The second-order valence-corrected chi connectivity index (χ2v) is 7.02. The Morgan fingerprint density at radius 2 is 1.50 bits per heavy atom. The molecule has 140 valence electrons. The molecule has 9 heteroatoms. The number of rotatable bonds is 9. The van der Waals surface area contributed by atoms with E-state index in [1.165, 1.54) is 24.3 Å². The predicted molar refractivity (Wildman–Crippen MR) is 91.1 cm³/mol. The molecule has 0 saturated carbocycles. The first-order valence-electron chi connectivity index (χ1n) is 7.77. The molecule has 2 rings (SSSR count). The molecule has 0 spiro atoms. The van der Waals surface area contributed by atoms with E-state index in [9.17, 15) is 22.0 Å². The summed E-state index contributed by atoms with van der Waals surface area (Å²) in [7, 11) is -3.79. The summed E-state index contributed by atoms with van der Waals surface area (Å²) >= 11 is 0. The lowest BCUT2D eigenvalue weighted by molar-refractivity contribution is -0.121. The number of amides is 1. The summed E-state index contributed by atoms with van der Waals surface area (Å²) in [4.78, 5) is 11.6. The fraction of sp³-hybridized carbons (Fsp3) is 0.235. The molecule has 0 unspecified atom stereocenters. The molecule has 0 aliphatic rings. The molecule has 0 saturated heterocycles. The number of ether oxygens (including phenoxy) is 1. The van der Waals surface area contributed by atoms with Gasteiger partial charge >= 0.3 is 0 Å². The number of sulfonamides is 1. The van der Waals surface area contributed by atoms with Crippen molar-refractivity contribution in [1.29, 1.82) is 0 Å². The van der Waals surface area contributed by atoms with Gasteiger partial charge in [0.05, 0.1) is 11.4 Å². The van der Waals surface area contributed by atoms with Crippen molar-refractivity contribution in [3.63, 3.8) is 0 Å². The number of carbonyl (C=O) groups excluding carboxylic acids is 1. The van der Waals surface area contributed by atoms with Gasteiger partial charge in [-0.25, -0.2) is 21.9 Å². The highest BCUT2D eigenvalue weighted by atomic mass is 32.2. The first-order valence-corrected chi connectivity index (χ1v) is 9.25. The SMILES string of the molecule is O=C(CCNS(=O)(=O)c1ccc(F)cc1)NCCOc1ccc(F)cc1. The highest BCUT2D eigenvalue weighted by molar-refractivity contribution is 7.89. The van der Waals surface area contributed by atoms with Gasteiger partial charge in [0.25, 0.3) is 0 Å². The summed E-state index contributed by atoms with van der Waals surface area (Å²) in [5, 5.41) is 2.58. The normalized spacial score (nSPS) is 11.2. The standard InChI is InChI=1S/C17H18F2N2O4S/c18-13-1-5-15(6-2-13)25-12-11-20-17(22)9-10-21-26(23,24)16-7-3-14(19)4-8-16/h1-8,21H,9-12H2,(H,20,22). The van der Waals surface area contributed by atoms with Crippen molar-refractivity contribution in [2.45, 2.75) is 11.3 Å². The predicted octanol–water partition coefficient (Wildman–Crippen LogP) is 1.83. The highest BCUT2D eigenvalue weighted by Gasteiger charge is 2.14. The van der Waals surface area contributed by atoms with Gasteiger partial charge in [-0.1, -0.05) is 0 Å². The lowest BCUT2D eigenvalue weighted by atomic mass is 10.3. The van der Waals surface area contributed by atoms with Gasteiger partial charge < -0.3 is 10.1 Å². The van der Waals surface area contributed by atoms with Crippen LogP contribution in [0.2, 0.25) is 0 Å². The molecule has 0 aromatic heterocycles. The number of hydrogen-bond acceptors (Lipinski definition) is 4. The molecule has 2 aromatic carbocycles. The molecule has 1 amide bonds. The largest absolute Gasteiger partial charge is 0.492 e. The molecule has 2 N–H and O–H groups in total. The summed E-state index contributed by atoms with van der Waals surface area (Å²) in [6.45, 7) is 0.323. The molecule has 6 nitrogen and oxygen atoms in total. The monoisotopic (exact) mass is 384 g/mol. The van der Waals surface area contributed by atoms with E-state index in [0.717, 1.165) is 24.3 Å². The summed E-state index contributed by atoms with van der Waals surface area (Å²) in [6, 6.07) is 9.85. The van der Waals surface area contributed by atoms with Gasteiger partial charge in [0.15, 0.2) is 0 Å². The molecule has 0 aliphatic carbocycles. The number of benzene rings is 2.